The Kier molecular flexibility index (Phi) is 13.4. The Labute approximate surface area is 249 Å². The number of aliphatic hydroxyl groups excluding tert-OH is 1. The number of azide groups is 1. The molecule has 11 nitrogen and oxygen atoms in total. The van der Waals surface area contributed by atoms with E-state index in [-0.39, 0.29) is 42.4 Å². The van der Waals surface area contributed by atoms with Gasteiger partial charge in [-0.15, -0.1) is 0 Å². The van der Waals surface area contributed by atoms with Crippen molar-refractivity contribution in [3.8, 4) is 11.5 Å². The van der Waals surface area contributed by atoms with Gasteiger partial charge in [0.25, 0.3) is 0 Å². The van der Waals surface area contributed by atoms with Crippen LogP contribution in [0.2, 0.25) is 0 Å². The molecule has 1 rings (SSSR count). The van der Waals surface area contributed by atoms with Gasteiger partial charge < -0.3 is 30.4 Å². The second-order valence-corrected chi connectivity index (χ2v) is 11.9. The fourth-order valence-corrected chi connectivity index (χ4v) is 4.44. The molecule has 0 aromatic heterocycles. The number of carbonyl (C=O) groups excluding carboxylic acids is 2. The number of benzene rings is 1. The number of aliphatic hydroxyl groups is 1. The predicted octanol–water partition coefficient (Wildman–Crippen LogP) is 4.65. The van der Waals surface area contributed by atoms with E-state index < -0.39 is 36.4 Å². The van der Waals surface area contributed by atoms with Gasteiger partial charge in [-0.2, -0.15) is 0 Å². The molecule has 4 atom stereocenters. The minimum Gasteiger partial charge on any atom is -0.493 e. The Hall–Kier alpha value is -3.01. The maximum absolute atomic E-state index is 13.1. The summed E-state index contributed by atoms with van der Waals surface area (Å²) in [6.07, 6.45) is 0.453. The van der Waals surface area contributed by atoms with Crippen molar-refractivity contribution in [1.29, 1.82) is 0 Å². The molecule has 0 spiro atoms. The zero-order chi connectivity index (χ0) is 33.7. The zero-order valence-electron chi connectivity index (χ0n) is 28.6. The number of hydrogen-bond acceptors (Lipinski definition) is 7. The lowest BCUT2D eigenvalue weighted by Gasteiger charge is -2.30. The third kappa shape index (κ3) is 12.2. The number of nitrogens with zero attached hydrogens (tertiary/aromatic N) is 3. The summed E-state index contributed by atoms with van der Waals surface area (Å²) < 4.78 is 38.5. The fraction of sp³-hybridized carbons (Fsp3) is 0.733. The van der Waals surface area contributed by atoms with Gasteiger partial charge in [0.15, 0.2) is 11.5 Å². The van der Waals surface area contributed by atoms with Crippen LogP contribution in [-0.4, -0.2) is 63.0 Å². The molecule has 4 N–H and O–H groups in total. The Balaban J connectivity index is 3.14. The summed E-state index contributed by atoms with van der Waals surface area (Å²) in [5.74, 6) is -1.09. The highest BCUT2D eigenvalue weighted by molar-refractivity contribution is 5.83. The highest BCUT2D eigenvalue weighted by atomic mass is 16.5. The first-order valence-corrected chi connectivity index (χ1v) is 14.1. The van der Waals surface area contributed by atoms with Crippen molar-refractivity contribution in [3.05, 3.63) is 34.2 Å². The largest absolute Gasteiger partial charge is 0.493 e. The lowest BCUT2D eigenvalue weighted by molar-refractivity contribution is -0.130. The average molecular weight is 581 g/mol. The molecule has 0 saturated heterocycles. The van der Waals surface area contributed by atoms with Gasteiger partial charge in [0.05, 0.1) is 35.3 Å². The van der Waals surface area contributed by atoms with Crippen molar-refractivity contribution in [2.75, 3.05) is 33.9 Å². The van der Waals surface area contributed by atoms with Crippen LogP contribution < -0.4 is 20.5 Å². The van der Waals surface area contributed by atoms with Gasteiger partial charge in [-0.3, -0.25) is 9.59 Å². The number of rotatable bonds is 20. The van der Waals surface area contributed by atoms with E-state index in [0.29, 0.717) is 38.2 Å². The van der Waals surface area contributed by atoms with Gasteiger partial charge in [-0.25, -0.2) is 0 Å². The van der Waals surface area contributed by atoms with Gasteiger partial charge in [0, 0.05) is 37.5 Å². The van der Waals surface area contributed by atoms with E-state index in [9.17, 15) is 20.2 Å². The molecule has 1 aromatic carbocycles. The van der Waals surface area contributed by atoms with Crippen LogP contribution in [0.3, 0.4) is 0 Å². The molecule has 0 heterocycles. The number of nitrogens with one attached hydrogen (secondary N) is 1. The number of hydrogen-bond donors (Lipinski definition) is 3. The summed E-state index contributed by atoms with van der Waals surface area (Å²) in [7, 11) is -1.06. The number of amides is 2. The maximum Gasteiger partial charge on any atom is 0.224 e. The van der Waals surface area contributed by atoms with Crippen LogP contribution in [0.25, 0.3) is 10.4 Å². The van der Waals surface area contributed by atoms with E-state index in [4.69, 9.17) is 24.1 Å². The minimum atomic E-state index is -2.64. The van der Waals surface area contributed by atoms with Crippen LogP contribution in [0.1, 0.15) is 70.5 Å². The highest BCUT2D eigenvalue weighted by Crippen LogP contribution is 2.32. The summed E-state index contributed by atoms with van der Waals surface area (Å²) in [5.41, 5.74) is 14.7. The number of carbonyl (C=O) groups is 2. The molecule has 1 aromatic rings. The lowest BCUT2D eigenvalue weighted by Crippen LogP contribution is -2.45. The molecule has 232 valence electrons. The molecule has 0 bridgehead atoms. The normalized spacial score (nSPS) is 16.0. The zero-order valence-corrected chi connectivity index (χ0v) is 25.6. The standard InChI is InChI=1S/C30H51N5O6/c1-19(2)22(14-21-10-11-26(40-8)27(15-21)41-13-9-12-39-7)16-24(34-35-32)25(36)17-23(20(3)4)28(37)33-18-30(5,6)29(31)38/h10-11,15,19-20,22-25,36H,9,12-14,16-18H2,1-8H3,(H2,31,38)(H,33,37)/t22-,23-,24-,25-/m0/s1/i8D3. The molecule has 0 radical (unpaired) electrons. The molecule has 0 unspecified atom stereocenters. The molecule has 0 saturated carbocycles. The summed E-state index contributed by atoms with van der Waals surface area (Å²) in [4.78, 5) is 27.7. The Morgan fingerprint density at radius 1 is 1.17 bits per heavy atom. The average Bonchev–Trinajstić information content (AvgIpc) is 2.91. The number of methoxy groups -OCH3 is 2. The Morgan fingerprint density at radius 2 is 1.88 bits per heavy atom. The first-order valence-electron chi connectivity index (χ1n) is 15.6. The minimum absolute atomic E-state index is 0.0430. The lowest BCUT2D eigenvalue weighted by atomic mass is 9.80. The second kappa shape index (κ2) is 17.7. The van der Waals surface area contributed by atoms with Gasteiger partial charge in [-0.1, -0.05) is 38.9 Å². The molecule has 0 aliphatic rings. The van der Waals surface area contributed by atoms with Crippen LogP contribution in [-0.2, 0) is 20.7 Å². The van der Waals surface area contributed by atoms with E-state index in [1.165, 1.54) is 0 Å². The van der Waals surface area contributed by atoms with Gasteiger partial charge in [0.1, 0.15) is 0 Å². The molecule has 11 heteroatoms. The quantitative estimate of drug-likeness (QED) is 0.0878. The summed E-state index contributed by atoms with van der Waals surface area (Å²) >= 11 is 0. The highest BCUT2D eigenvalue weighted by Gasteiger charge is 2.33. The van der Waals surface area contributed by atoms with Crippen molar-refractivity contribution in [1.82, 2.24) is 5.32 Å². The number of nitrogens with two attached hydrogens (primary N) is 1. The third-order valence-electron chi connectivity index (χ3n) is 7.51. The fourth-order valence-electron chi connectivity index (χ4n) is 4.44. The predicted molar refractivity (Wildman–Crippen MR) is 160 cm³/mol. The summed E-state index contributed by atoms with van der Waals surface area (Å²) in [6.45, 7) is 11.9. The molecule has 2 amide bonds. The summed E-state index contributed by atoms with van der Waals surface area (Å²) in [6, 6.07) is 4.28. The van der Waals surface area contributed by atoms with E-state index >= 15 is 0 Å². The first kappa shape index (κ1) is 30.9. The van der Waals surface area contributed by atoms with Crippen molar-refractivity contribution >= 4 is 11.8 Å². The van der Waals surface area contributed by atoms with Crippen molar-refractivity contribution < 1.29 is 33.0 Å². The van der Waals surface area contributed by atoms with Crippen molar-refractivity contribution in [2.45, 2.75) is 79.4 Å². The number of ether oxygens (including phenoxy) is 3. The van der Waals surface area contributed by atoms with Crippen molar-refractivity contribution in [2.24, 2.45) is 39.9 Å². The Bertz CT molecular complexity index is 1110. The second-order valence-electron chi connectivity index (χ2n) is 11.9. The van der Waals surface area contributed by atoms with E-state index in [1.807, 2.05) is 27.7 Å². The molecule has 0 aliphatic heterocycles. The number of primary amides is 1. The van der Waals surface area contributed by atoms with Gasteiger partial charge >= 0.3 is 0 Å². The first-order chi connectivity index (χ1) is 20.4. The smallest absolute Gasteiger partial charge is 0.224 e. The molecule has 0 aliphatic carbocycles. The van der Waals surface area contributed by atoms with Gasteiger partial charge in [-0.05, 0) is 74.1 Å². The van der Waals surface area contributed by atoms with Crippen LogP contribution in [0.15, 0.2) is 23.3 Å². The monoisotopic (exact) mass is 580 g/mol. The SMILES string of the molecule is [2H]C([2H])([2H])Oc1ccc(C[C@@H](C[C@H](N=[N+]=[N-])[C@@H](O)C[C@H](C(=O)NCC(C)(C)C(N)=O)C(C)C)C(C)C)cc1OCCCOC. The third-order valence-corrected chi connectivity index (χ3v) is 7.51. The molecule has 0 fully saturated rings. The van der Waals surface area contributed by atoms with Crippen LogP contribution in [0, 0.1) is 29.1 Å². The molecule has 41 heavy (non-hydrogen) atoms. The van der Waals surface area contributed by atoms with E-state index in [1.54, 1.807) is 39.2 Å². The topological polar surface area (TPSA) is 169 Å². The maximum atomic E-state index is 13.1. The van der Waals surface area contributed by atoms with E-state index in [2.05, 4.69) is 15.3 Å². The molecular formula is C30H51N5O6. The van der Waals surface area contributed by atoms with Crippen LogP contribution in [0.4, 0.5) is 0 Å². The van der Waals surface area contributed by atoms with Gasteiger partial charge in [0.2, 0.25) is 11.8 Å². The summed E-state index contributed by atoms with van der Waals surface area (Å²) in [5, 5.41) is 17.9. The van der Waals surface area contributed by atoms with E-state index in [0.717, 1.165) is 5.56 Å². The van der Waals surface area contributed by atoms with Crippen LogP contribution >= 0.6 is 0 Å². The molecular weight excluding hydrogens is 526 g/mol. The van der Waals surface area contributed by atoms with Crippen molar-refractivity contribution in [3.63, 3.8) is 0 Å². The Morgan fingerprint density at radius 3 is 2.44 bits per heavy atom. The van der Waals surface area contributed by atoms with Crippen LogP contribution in [0.5, 0.6) is 11.5 Å².